The molecular formula is C8H18N2O6S2. The Morgan fingerprint density at radius 3 is 2.06 bits per heavy atom. The molecule has 0 spiro atoms. The molecule has 0 saturated heterocycles. The van der Waals surface area contributed by atoms with Crippen LogP contribution in [0.4, 0.5) is 0 Å². The van der Waals surface area contributed by atoms with E-state index in [1.54, 1.807) is 0 Å². The number of carboxylic acid groups (broad SMARTS) is 1. The minimum Gasteiger partial charge on any atom is -0.480 e. The second kappa shape index (κ2) is 5.51. The number of sulfonamides is 2. The fourth-order valence-corrected chi connectivity index (χ4v) is 3.23. The van der Waals surface area contributed by atoms with Crippen LogP contribution in [0.15, 0.2) is 0 Å². The van der Waals surface area contributed by atoms with E-state index in [4.69, 9.17) is 5.11 Å². The lowest BCUT2D eigenvalue weighted by molar-refractivity contribution is -0.136. The van der Waals surface area contributed by atoms with E-state index in [9.17, 15) is 21.6 Å². The first-order chi connectivity index (χ1) is 7.77. The van der Waals surface area contributed by atoms with Crippen LogP contribution in [-0.4, -0.2) is 51.5 Å². The van der Waals surface area contributed by atoms with Gasteiger partial charge in [-0.1, -0.05) is 0 Å². The molecule has 8 nitrogen and oxygen atoms in total. The van der Waals surface area contributed by atoms with Gasteiger partial charge in [0.25, 0.3) is 0 Å². The third-order valence-corrected chi connectivity index (χ3v) is 4.59. The van der Waals surface area contributed by atoms with E-state index in [0.29, 0.717) is 0 Å². The number of hydrogen-bond acceptors (Lipinski definition) is 5. The van der Waals surface area contributed by atoms with Crippen molar-refractivity contribution in [3.8, 4) is 0 Å². The topological polar surface area (TPSA) is 130 Å². The molecule has 0 aliphatic heterocycles. The summed E-state index contributed by atoms with van der Waals surface area (Å²) in [5, 5.41) is 7.00. The van der Waals surface area contributed by atoms with E-state index in [0.717, 1.165) is 13.2 Å². The van der Waals surface area contributed by atoms with Crippen LogP contribution in [0.25, 0.3) is 0 Å². The van der Waals surface area contributed by atoms with Gasteiger partial charge in [-0.15, -0.1) is 0 Å². The van der Waals surface area contributed by atoms with Gasteiger partial charge < -0.3 is 5.11 Å². The van der Waals surface area contributed by atoms with E-state index in [2.05, 4.69) is 9.44 Å². The van der Waals surface area contributed by atoms with Crippen LogP contribution in [0.1, 0.15) is 20.8 Å². The van der Waals surface area contributed by atoms with Crippen LogP contribution >= 0.6 is 0 Å². The lowest BCUT2D eigenvalue weighted by Crippen LogP contribution is -2.52. The van der Waals surface area contributed by atoms with Crippen molar-refractivity contribution in [2.24, 2.45) is 0 Å². The summed E-state index contributed by atoms with van der Waals surface area (Å²) in [5.74, 6) is -1.48. The number of rotatable bonds is 7. The van der Waals surface area contributed by atoms with Gasteiger partial charge in [0.15, 0.2) is 5.25 Å². The zero-order valence-corrected chi connectivity index (χ0v) is 12.2. The largest absolute Gasteiger partial charge is 0.480 e. The van der Waals surface area contributed by atoms with Gasteiger partial charge in [0, 0.05) is 12.1 Å². The molecule has 18 heavy (non-hydrogen) atoms. The highest BCUT2D eigenvalue weighted by Crippen LogP contribution is 2.05. The highest BCUT2D eigenvalue weighted by molar-refractivity contribution is 7.90. The summed E-state index contributed by atoms with van der Waals surface area (Å²) in [7, 11) is -7.52. The molecule has 0 aromatic heterocycles. The minimum absolute atomic E-state index is 0.250. The summed E-state index contributed by atoms with van der Waals surface area (Å²) < 4.78 is 49.4. The zero-order chi connectivity index (χ0) is 14.8. The van der Waals surface area contributed by atoms with Crippen molar-refractivity contribution >= 4 is 26.0 Å². The lowest BCUT2D eigenvalue weighted by Gasteiger charge is -2.25. The monoisotopic (exact) mass is 302 g/mol. The van der Waals surface area contributed by atoms with E-state index in [1.165, 1.54) is 13.8 Å². The quantitative estimate of drug-likeness (QED) is 0.536. The first-order valence-corrected chi connectivity index (χ1v) is 8.41. The van der Waals surface area contributed by atoms with Crippen LogP contribution in [0.5, 0.6) is 0 Å². The summed E-state index contributed by atoms with van der Waals surface area (Å²) in [6.45, 7) is 3.73. The number of aliphatic carboxylic acids is 1. The van der Waals surface area contributed by atoms with Gasteiger partial charge in [-0.05, 0) is 20.8 Å². The smallest absolute Gasteiger partial charge is 0.323 e. The van der Waals surface area contributed by atoms with Gasteiger partial charge in [0.1, 0.15) is 0 Å². The molecular weight excluding hydrogens is 284 g/mol. The third kappa shape index (κ3) is 6.28. The summed E-state index contributed by atoms with van der Waals surface area (Å²) >= 11 is 0. The molecule has 0 aliphatic carbocycles. The standard InChI is InChI=1S/C8H18N2O6S2/c1-6(7(11)12)18(15,16)9-5-8(2,3)10-17(4,13)14/h6,9-10H,5H2,1-4H3,(H,11,12). The highest BCUT2D eigenvalue weighted by Gasteiger charge is 2.30. The molecule has 0 aromatic rings. The Morgan fingerprint density at radius 1 is 1.28 bits per heavy atom. The normalized spacial score (nSPS) is 15.3. The van der Waals surface area contributed by atoms with Crippen LogP contribution in [-0.2, 0) is 24.8 Å². The number of nitrogens with one attached hydrogen (secondary N) is 2. The number of hydrogen-bond donors (Lipinski definition) is 3. The zero-order valence-electron chi connectivity index (χ0n) is 10.6. The fourth-order valence-electron chi connectivity index (χ4n) is 1.08. The fraction of sp³-hybridized carbons (Fsp3) is 0.875. The van der Waals surface area contributed by atoms with E-state index >= 15 is 0 Å². The summed E-state index contributed by atoms with van der Waals surface area (Å²) in [6, 6.07) is 0. The van der Waals surface area contributed by atoms with Crippen molar-refractivity contribution in [2.45, 2.75) is 31.6 Å². The second-order valence-electron chi connectivity index (χ2n) is 4.60. The minimum atomic E-state index is -4.03. The van der Waals surface area contributed by atoms with Crippen molar-refractivity contribution in [1.29, 1.82) is 0 Å². The van der Waals surface area contributed by atoms with Gasteiger partial charge in [-0.25, -0.2) is 26.3 Å². The Hall–Kier alpha value is -0.710. The van der Waals surface area contributed by atoms with Crippen LogP contribution < -0.4 is 9.44 Å². The molecule has 108 valence electrons. The Morgan fingerprint density at radius 2 is 1.72 bits per heavy atom. The molecule has 1 unspecified atom stereocenters. The maximum Gasteiger partial charge on any atom is 0.323 e. The predicted molar refractivity (Wildman–Crippen MR) is 66.1 cm³/mol. The first-order valence-electron chi connectivity index (χ1n) is 4.97. The Labute approximate surface area is 107 Å². The summed E-state index contributed by atoms with van der Waals surface area (Å²) in [4.78, 5) is 10.6. The van der Waals surface area contributed by atoms with Crippen LogP contribution in [0, 0.1) is 0 Å². The van der Waals surface area contributed by atoms with Gasteiger partial charge in [-0.2, -0.15) is 0 Å². The average Bonchev–Trinajstić information content (AvgIpc) is 2.10. The predicted octanol–water partition coefficient (Wildman–Crippen LogP) is -1.29. The lowest BCUT2D eigenvalue weighted by atomic mass is 10.1. The Kier molecular flexibility index (Phi) is 5.29. The van der Waals surface area contributed by atoms with Crippen molar-refractivity contribution in [3.05, 3.63) is 0 Å². The molecule has 0 fully saturated rings. The molecule has 1 atom stereocenters. The molecule has 0 amide bonds. The molecule has 0 saturated carbocycles. The summed E-state index contributed by atoms with van der Waals surface area (Å²) in [5.41, 5.74) is -1.06. The maximum atomic E-state index is 11.5. The van der Waals surface area contributed by atoms with E-state index in [-0.39, 0.29) is 6.54 Å². The third-order valence-electron chi connectivity index (χ3n) is 1.99. The van der Waals surface area contributed by atoms with Gasteiger partial charge >= 0.3 is 5.97 Å². The van der Waals surface area contributed by atoms with Crippen molar-refractivity contribution in [1.82, 2.24) is 9.44 Å². The molecule has 0 radical (unpaired) electrons. The van der Waals surface area contributed by atoms with Gasteiger partial charge in [0.05, 0.1) is 6.26 Å². The second-order valence-corrected chi connectivity index (χ2v) is 8.44. The highest BCUT2D eigenvalue weighted by atomic mass is 32.2. The van der Waals surface area contributed by atoms with E-state index < -0.39 is 36.8 Å². The molecule has 0 aromatic carbocycles. The number of carboxylic acids is 1. The first kappa shape index (κ1) is 17.3. The average molecular weight is 302 g/mol. The Bertz CT molecular complexity index is 508. The van der Waals surface area contributed by atoms with Crippen molar-refractivity contribution in [2.75, 3.05) is 12.8 Å². The Balaban J connectivity index is 4.72. The molecule has 10 heteroatoms. The molecule has 3 N–H and O–H groups in total. The SMILES string of the molecule is CC(C(=O)O)S(=O)(=O)NCC(C)(C)NS(C)(=O)=O. The van der Waals surface area contributed by atoms with Gasteiger partial charge in [0.2, 0.25) is 20.0 Å². The van der Waals surface area contributed by atoms with Crippen molar-refractivity contribution in [3.63, 3.8) is 0 Å². The van der Waals surface area contributed by atoms with Crippen molar-refractivity contribution < 1.29 is 26.7 Å². The van der Waals surface area contributed by atoms with Crippen LogP contribution in [0.3, 0.4) is 0 Å². The molecule has 0 aliphatic rings. The van der Waals surface area contributed by atoms with Crippen LogP contribution in [0.2, 0.25) is 0 Å². The molecule has 0 rings (SSSR count). The summed E-state index contributed by atoms with van der Waals surface area (Å²) in [6.07, 6.45) is 0.948. The molecule has 0 heterocycles. The van der Waals surface area contributed by atoms with Gasteiger partial charge in [-0.3, -0.25) is 4.79 Å². The molecule has 0 bridgehead atoms. The van der Waals surface area contributed by atoms with E-state index in [1.807, 2.05) is 0 Å². The number of carbonyl (C=O) groups is 1. The maximum absolute atomic E-state index is 11.5.